The molecule has 154 valence electrons. The predicted molar refractivity (Wildman–Crippen MR) is 114 cm³/mol. The second-order valence-corrected chi connectivity index (χ2v) is 9.30. The predicted octanol–water partition coefficient (Wildman–Crippen LogP) is 4.25. The monoisotopic (exact) mass is 424 g/mol. The Morgan fingerprint density at radius 2 is 1.90 bits per heavy atom. The maximum atomic E-state index is 13.4. The molecule has 0 radical (unpaired) electrons. The third-order valence-electron chi connectivity index (χ3n) is 5.27. The van der Waals surface area contributed by atoms with E-state index in [2.05, 4.69) is 10.3 Å². The van der Waals surface area contributed by atoms with Crippen LogP contribution in [0, 0.1) is 11.2 Å². The van der Waals surface area contributed by atoms with Crippen molar-refractivity contribution in [3.63, 3.8) is 0 Å². The molecule has 0 fully saturated rings. The quantitative estimate of drug-likeness (QED) is 0.657. The summed E-state index contributed by atoms with van der Waals surface area (Å²) in [4.78, 5) is 41.8. The van der Waals surface area contributed by atoms with Crippen molar-refractivity contribution in [2.75, 3.05) is 0 Å². The Kier molecular flexibility index (Phi) is 5.15. The molecule has 1 aromatic carbocycles. The van der Waals surface area contributed by atoms with Gasteiger partial charge in [-0.15, -0.1) is 11.3 Å². The lowest BCUT2D eigenvalue weighted by Gasteiger charge is -2.29. The van der Waals surface area contributed by atoms with E-state index in [9.17, 15) is 18.8 Å². The van der Waals surface area contributed by atoms with Crippen LogP contribution < -0.4 is 10.9 Å². The fourth-order valence-electron chi connectivity index (χ4n) is 3.83. The minimum Gasteiger partial charge on any atom is -0.340 e. The van der Waals surface area contributed by atoms with Gasteiger partial charge in [-0.1, -0.05) is 32.0 Å². The molecule has 1 amide bonds. The number of nitrogens with one attached hydrogen (secondary N) is 2. The molecule has 0 saturated heterocycles. The van der Waals surface area contributed by atoms with Gasteiger partial charge in [-0.05, 0) is 47.0 Å². The lowest BCUT2D eigenvalue weighted by atomic mass is 9.75. The number of hydrogen-bond donors (Lipinski definition) is 2. The van der Waals surface area contributed by atoms with E-state index in [0.717, 1.165) is 4.88 Å². The molecule has 0 aliphatic heterocycles. The molecule has 7 heteroatoms. The molecule has 1 atom stereocenters. The number of hydrogen-bond acceptors (Lipinski definition) is 4. The summed E-state index contributed by atoms with van der Waals surface area (Å²) in [5, 5.41) is 4.75. The number of thiophene rings is 1. The van der Waals surface area contributed by atoms with E-state index >= 15 is 0 Å². The lowest BCUT2D eigenvalue weighted by Crippen LogP contribution is -2.36. The molecule has 30 heavy (non-hydrogen) atoms. The van der Waals surface area contributed by atoms with Crippen molar-refractivity contribution in [3.8, 4) is 0 Å². The van der Waals surface area contributed by atoms with E-state index in [1.165, 1.54) is 29.5 Å². The number of halogens is 1. The van der Waals surface area contributed by atoms with Crippen LogP contribution in [0.1, 0.15) is 63.2 Å². The Bertz CT molecular complexity index is 1160. The van der Waals surface area contributed by atoms with Gasteiger partial charge < -0.3 is 10.3 Å². The van der Waals surface area contributed by atoms with Gasteiger partial charge in [-0.3, -0.25) is 14.4 Å². The van der Waals surface area contributed by atoms with Crippen molar-refractivity contribution < 1.29 is 14.0 Å². The number of amides is 1. The van der Waals surface area contributed by atoms with Gasteiger partial charge in [0.05, 0.1) is 6.04 Å². The van der Waals surface area contributed by atoms with Crippen LogP contribution in [0.15, 0.2) is 52.6 Å². The smallest absolute Gasteiger partial charge is 0.261 e. The molecule has 1 unspecified atom stereocenters. The number of fused-ring (bicyclic) bond motifs is 1. The van der Waals surface area contributed by atoms with Crippen LogP contribution in [0.25, 0.3) is 0 Å². The van der Waals surface area contributed by atoms with Crippen LogP contribution in [-0.4, -0.2) is 16.7 Å². The summed E-state index contributed by atoms with van der Waals surface area (Å²) < 4.78 is 13.4. The number of benzene rings is 1. The molecule has 0 spiro atoms. The summed E-state index contributed by atoms with van der Waals surface area (Å²) >= 11 is 1.45. The topological polar surface area (TPSA) is 79.0 Å². The van der Waals surface area contributed by atoms with Crippen LogP contribution in [0.5, 0.6) is 0 Å². The Labute approximate surface area is 177 Å². The van der Waals surface area contributed by atoms with Crippen molar-refractivity contribution in [2.45, 2.75) is 32.7 Å². The van der Waals surface area contributed by atoms with Gasteiger partial charge >= 0.3 is 0 Å². The Balaban J connectivity index is 1.68. The van der Waals surface area contributed by atoms with Crippen LogP contribution in [0.4, 0.5) is 4.39 Å². The second-order valence-electron chi connectivity index (χ2n) is 8.32. The zero-order chi connectivity index (χ0) is 21.5. The highest BCUT2D eigenvalue weighted by atomic mass is 32.1. The van der Waals surface area contributed by atoms with Gasteiger partial charge in [-0.2, -0.15) is 0 Å². The number of aromatic amines is 1. The highest BCUT2D eigenvalue weighted by Gasteiger charge is 2.33. The first-order valence-corrected chi connectivity index (χ1v) is 10.5. The third-order valence-corrected chi connectivity index (χ3v) is 6.21. The summed E-state index contributed by atoms with van der Waals surface area (Å²) in [5.41, 5.74) is 0.800. The maximum absolute atomic E-state index is 13.4. The molecule has 2 heterocycles. The van der Waals surface area contributed by atoms with Gasteiger partial charge in [-0.25, -0.2) is 4.39 Å². The van der Waals surface area contributed by atoms with Crippen LogP contribution in [0.2, 0.25) is 0 Å². The minimum atomic E-state index is -0.584. The first kappa shape index (κ1) is 20.2. The van der Waals surface area contributed by atoms with Gasteiger partial charge in [0.25, 0.3) is 11.5 Å². The zero-order valence-corrected chi connectivity index (χ0v) is 17.4. The van der Waals surface area contributed by atoms with Crippen molar-refractivity contribution >= 4 is 23.0 Å². The Morgan fingerprint density at radius 3 is 2.57 bits per heavy atom. The van der Waals surface area contributed by atoms with Gasteiger partial charge in [0.15, 0.2) is 5.78 Å². The van der Waals surface area contributed by atoms with Crippen molar-refractivity contribution in [1.29, 1.82) is 0 Å². The largest absolute Gasteiger partial charge is 0.340 e. The molecule has 2 aromatic heterocycles. The molecule has 3 aromatic rings. The first-order valence-electron chi connectivity index (χ1n) is 9.63. The summed E-state index contributed by atoms with van der Waals surface area (Å²) in [6, 6.07) is 10.4. The number of carbonyl (C=O) groups excluding carboxylic acids is 2. The number of rotatable bonds is 4. The number of H-pyrrole nitrogens is 1. The standard InChI is InChI=1S/C23H21FN2O3S/c1-23(2)11-17-15(18(27)12-23)10-16(21(28)25-17)22(29)26-20(19-4-3-9-30-19)13-5-7-14(24)8-6-13/h3-10,20H,11-12H2,1-2H3,(H,25,28)(H,26,29). The molecule has 1 aliphatic carbocycles. The highest BCUT2D eigenvalue weighted by Crippen LogP contribution is 2.33. The molecular formula is C23H21FN2O3S. The summed E-state index contributed by atoms with van der Waals surface area (Å²) in [6.45, 7) is 3.95. The lowest BCUT2D eigenvalue weighted by molar-refractivity contribution is 0.0910. The van der Waals surface area contributed by atoms with E-state index in [1.807, 2.05) is 31.4 Å². The summed E-state index contributed by atoms with van der Waals surface area (Å²) in [5.74, 6) is -1.04. The minimum absolute atomic E-state index is 0.0834. The highest BCUT2D eigenvalue weighted by molar-refractivity contribution is 7.10. The Hall–Kier alpha value is -3.06. The summed E-state index contributed by atoms with van der Waals surface area (Å²) in [7, 11) is 0. The molecular weight excluding hydrogens is 403 g/mol. The zero-order valence-electron chi connectivity index (χ0n) is 16.6. The van der Waals surface area contributed by atoms with Gasteiger partial charge in [0.2, 0.25) is 0 Å². The van der Waals surface area contributed by atoms with E-state index in [4.69, 9.17) is 0 Å². The first-order chi connectivity index (χ1) is 14.2. The number of Topliss-reactive ketones (excluding diaryl/α,β-unsaturated/α-hetero) is 1. The van der Waals surface area contributed by atoms with Crippen molar-refractivity contribution in [3.05, 3.63) is 91.3 Å². The van der Waals surface area contributed by atoms with E-state index in [1.54, 1.807) is 12.1 Å². The van der Waals surface area contributed by atoms with Crippen LogP contribution >= 0.6 is 11.3 Å². The van der Waals surface area contributed by atoms with E-state index < -0.39 is 17.5 Å². The number of aromatic nitrogens is 1. The van der Waals surface area contributed by atoms with Crippen molar-refractivity contribution in [1.82, 2.24) is 10.3 Å². The molecule has 2 N–H and O–H groups in total. The van der Waals surface area contributed by atoms with Crippen LogP contribution in [-0.2, 0) is 6.42 Å². The number of carbonyl (C=O) groups is 2. The molecule has 5 nitrogen and oxygen atoms in total. The Morgan fingerprint density at radius 1 is 1.17 bits per heavy atom. The van der Waals surface area contributed by atoms with Crippen LogP contribution in [0.3, 0.4) is 0 Å². The van der Waals surface area contributed by atoms with Crippen molar-refractivity contribution in [2.24, 2.45) is 5.41 Å². The molecule has 0 bridgehead atoms. The normalized spacial score (nSPS) is 16.0. The number of pyridine rings is 1. The maximum Gasteiger partial charge on any atom is 0.261 e. The summed E-state index contributed by atoms with van der Waals surface area (Å²) in [6.07, 6.45) is 0.930. The van der Waals surface area contributed by atoms with Gasteiger partial charge in [0, 0.05) is 22.6 Å². The number of ketones is 1. The van der Waals surface area contributed by atoms with Gasteiger partial charge in [0.1, 0.15) is 11.4 Å². The molecule has 1 aliphatic rings. The third kappa shape index (κ3) is 3.98. The van der Waals surface area contributed by atoms with E-state index in [0.29, 0.717) is 29.7 Å². The SMILES string of the molecule is CC1(C)CC(=O)c2cc(C(=O)NC(c3ccc(F)cc3)c3cccs3)c(=O)[nH]c2C1. The second kappa shape index (κ2) is 7.65. The fourth-order valence-corrected chi connectivity index (χ4v) is 4.64. The van der Waals surface area contributed by atoms with E-state index in [-0.39, 0.29) is 22.6 Å². The average molecular weight is 424 g/mol. The average Bonchev–Trinajstić information content (AvgIpc) is 3.20. The fraction of sp³-hybridized carbons (Fsp3) is 0.261. The molecule has 4 rings (SSSR count). The molecule has 0 saturated carbocycles.